The van der Waals surface area contributed by atoms with Gasteiger partial charge in [0.15, 0.2) is 11.6 Å². The molecule has 2 rings (SSSR count). The third-order valence-corrected chi connectivity index (χ3v) is 3.19. The van der Waals surface area contributed by atoms with Crippen LogP contribution in [0, 0.1) is 5.82 Å². The second-order valence-corrected chi connectivity index (χ2v) is 5.57. The van der Waals surface area contributed by atoms with E-state index in [1.54, 1.807) is 36.4 Å². The summed E-state index contributed by atoms with van der Waals surface area (Å²) < 4.78 is 25.3. The molecule has 0 amide bonds. The van der Waals surface area contributed by atoms with E-state index < -0.39 is 5.82 Å². The van der Waals surface area contributed by atoms with Gasteiger partial charge < -0.3 is 14.4 Å². The van der Waals surface area contributed by atoms with Crippen LogP contribution >= 0.6 is 11.6 Å². The molecule has 0 saturated heterocycles. The average molecular weight is 324 g/mol. The predicted octanol–water partition coefficient (Wildman–Crippen LogP) is 4.60. The molecule has 2 aromatic carbocycles. The Balaban J connectivity index is 2.09. The van der Waals surface area contributed by atoms with Crippen LogP contribution in [-0.4, -0.2) is 32.1 Å². The Bertz CT molecular complexity index is 619. The summed E-state index contributed by atoms with van der Waals surface area (Å²) in [6, 6.07) is 11.5. The van der Waals surface area contributed by atoms with Crippen molar-refractivity contribution >= 4 is 11.6 Å². The number of hydrogen-bond acceptors (Lipinski definition) is 3. The van der Waals surface area contributed by atoms with Gasteiger partial charge in [-0.15, -0.1) is 0 Å². The van der Waals surface area contributed by atoms with E-state index in [0.29, 0.717) is 23.1 Å². The Kier molecular flexibility index (Phi) is 6.04. The lowest BCUT2D eigenvalue weighted by Crippen LogP contribution is -2.15. The highest BCUT2D eigenvalue weighted by atomic mass is 35.5. The van der Waals surface area contributed by atoms with Gasteiger partial charge in [0.05, 0.1) is 6.61 Å². The molecule has 0 atom stereocenters. The zero-order valence-corrected chi connectivity index (χ0v) is 13.4. The van der Waals surface area contributed by atoms with E-state index in [2.05, 4.69) is 4.90 Å². The molecule has 0 aromatic heterocycles. The number of benzene rings is 2. The van der Waals surface area contributed by atoms with Crippen LogP contribution in [0.3, 0.4) is 0 Å². The second kappa shape index (κ2) is 8.01. The Hall–Kier alpha value is -1.78. The van der Waals surface area contributed by atoms with E-state index in [0.717, 1.165) is 13.0 Å². The molecule has 118 valence electrons. The summed E-state index contributed by atoms with van der Waals surface area (Å²) in [5.74, 6) is 0.467. The summed E-state index contributed by atoms with van der Waals surface area (Å²) in [6.07, 6.45) is 0.847. The van der Waals surface area contributed by atoms with Crippen molar-refractivity contribution in [1.82, 2.24) is 4.90 Å². The topological polar surface area (TPSA) is 21.7 Å². The van der Waals surface area contributed by atoms with Crippen molar-refractivity contribution in [3.05, 3.63) is 53.3 Å². The molecular formula is C17H19ClFNO2. The Morgan fingerprint density at radius 1 is 1.14 bits per heavy atom. The number of ether oxygens (including phenoxy) is 2. The third kappa shape index (κ3) is 4.90. The normalized spacial score (nSPS) is 10.8. The van der Waals surface area contributed by atoms with Crippen molar-refractivity contribution < 1.29 is 13.9 Å². The molecule has 0 spiro atoms. The van der Waals surface area contributed by atoms with Crippen LogP contribution in [-0.2, 0) is 0 Å². The zero-order chi connectivity index (χ0) is 15.9. The molecule has 22 heavy (non-hydrogen) atoms. The molecule has 0 bridgehead atoms. The maximum atomic E-state index is 14.0. The molecular weight excluding hydrogens is 305 g/mol. The fourth-order valence-corrected chi connectivity index (χ4v) is 2.09. The maximum absolute atomic E-state index is 14.0. The molecule has 0 saturated carbocycles. The molecule has 0 heterocycles. The van der Waals surface area contributed by atoms with Crippen molar-refractivity contribution in [1.29, 1.82) is 0 Å². The molecule has 5 heteroatoms. The molecule has 0 aliphatic rings. The van der Waals surface area contributed by atoms with Gasteiger partial charge in [-0.2, -0.15) is 0 Å². The van der Waals surface area contributed by atoms with Crippen molar-refractivity contribution in [2.75, 3.05) is 27.2 Å². The summed E-state index contributed by atoms with van der Waals surface area (Å²) in [4.78, 5) is 2.07. The lowest BCUT2D eigenvalue weighted by Gasteiger charge is -2.14. The molecule has 0 aliphatic heterocycles. The minimum atomic E-state index is -0.468. The lowest BCUT2D eigenvalue weighted by molar-refractivity contribution is 0.269. The van der Waals surface area contributed by atoms with E-state index in [4.69, 9.17) is 21.1 Å². The van der Waals surface area contributed by atoms with Gasteiger partial charge in [-0.1, -0.05) is 23.7 Å². The highest BCUT2D eigenvalue weighted by Crippen LogP contribution is 2.34. The summed E-state index contributed by atoms with van der Waals surface area (Å²) in [5, 5.41) is 0.530. The van der Waals surface area contributed by atoms with Crippen LogP contribution in [0.4, 0.5) is 4.39 Å². The SMILES string of the molecule is CN(C)CCCOc1cccc(F)c1Oc1cccc(Cl)c1. The minimum Gasteiger partial charge on any atom is -0.490 e. The van der Waals surface area contributed by atoms with Crippen molar-refractivity contribution in [3.63, 3.8) is 0 Å². The van der Waals surface area contributed by atoms with E-state index >= 15 is 0 Å². The van der Waals surface area contributed by atoms with Crippen molar-refractivity contribution in [2.45, 2.75) is 6.42 Å². The highest BCUT2D eigenvalue weighted by molar-refractivity contribution is 6.30. The first-order chi connectivity index (χ1) is 10.6. The standard InChI is InChI=1S/C17H19ClFNO2/c1-20(2)10-5-11-21-16-9-4-8-15(19)17(16)22-14-7-3-6-13(18)12-14/h3-4,6-9,12H,5,10-11H2,1-2H3. The Labute approximate surface area is 135 Å². The number of para-hydroxylation sites is 1. The average Bonchev–Trinajstić information content (AvgIpc) is 2.46. The number of halogens is 2. The quantitative estimate of drug-likeness (QED) is 0.695. The van der Waals surface area contributed by atoms with Crippen LogP contribution in [0.2, 0.25) is 5.02 Å². The maximum Gasteiger partial charge on any atom is 0.204 e. The molecule has 0 fully saturated rings. The molecule has 0 radical (unpaired) electrons. The first-order valence-electron chi connectivity index (χ1n) is 7.06. The summed E-state index contributed by atoms with van der Waals surface area (Å²) in [5.41, 5.74) is 0. The second-order valence-electron chi connectivity index (χ2n) is 5.13. The summed E-state index contributed by atoms with van der Waals surface area (Å²) >= 11 is 5.91. The largest absolute Gasteiger partial charge is 0.490 e. The number of rotatable bonds is 7. The van der Waals surface area contributed by atoms with Gasteiger partial charge in [-0.25, -0.2) is 4.39 Å². The van der Waals surface area contributed by atoms with Crippen LogP contribution in [0.15, 0.2) is 42.5 Å². The van der Waals surface area contributed by atoms with Gasteiger partial charge in [0.25, 0.3) is 0 Å². The summed E-state index contributed by atoms with van der Waals surface area (Å²) in [6.45, 7) is 1.40. The van der Waals surface area contributed by atoms with E-state index in [-0.39, 0.29) is 5.75 Å². The van der Waals surface area contributed by atoms with Crippen LogP contribution in [0.1, 0.15) is 6.42 Å². The molecule has 0 N–H and O–H groups in total. The monoisotopic (exact) mass is 323 g/mol. The van der Waals surface area contributed by atoms with E-state index in [1.165, 1.54) is 6.07 Å². The molecule has 0 unspecified atom stereocenters. The van der Waals surface area contributed by atoms with Crippen LogP contribution in [0.5, 0.6) is 17.2 Å². The first kappa shape index (κ1) is 16.6. The smallest absolute Gasteiger partial charge is 0.204 e. The number of nitrogens with zero attached hydrogens (tertiary/aromatic N) is 1. The Morgan fingerprint density at radius 2 is 1.91 bits per heavy atom. The van der Waals surface area contributed by atoms with Gasteiger partial charge in [0.2, 0.25) is 5.75 Å². The summed E-state index contributed by atoms with van der Waals surface area (Å²) in [7, 11) is 3.99. The Morgan fingerprint density at radius 3 is 2.64 bits per heavy atom. The predicted molar refractivity (Wildman–Crippen MR) is 86.6 cm³/mol. The van der Waals surface area contributed by atoms with Gasteiger partial charge in [-0.05, 0) is 50.8 Å². The van der Waals surface area contributed by atoms with E-state index in [9.17, 15) is 4.39 Å². The third-order valence-electron chi connectivity index (χ3n) is 2.95. The van der Waals surface area contributed by atoms with E-state index in [1.807, 2.05) is 14.1 Å². The fraction of sp³-hybridized carbons (Fsp3) is 0.294. The minimum absolute atomic E-state index is 0.0784. The molecule has 2 aromatic rings. The van der Waals surface area contributed by atoms with Crippen LogP contribution in [0.25, 0.3) is 0 Å². The van der Waals surface area contributed by atoms with Crippen molar-refractivity contribution in [3.8, 4) is 17.2 Å². The van der Waals surface area contributed by atoms with Crippen molar-refractivity contribution in [2.24, 2.45) is 0 Å². The zero-order valence-electron chi connectivity index (χ0n) is 12.7. The fourth-order valence-electron chi connectivity index (χ4n) is 1.91. The van der Waals surface area contributed by atoms with Gasteiger partial charge >= 0.3 is 0 Å². The first-order valence-corrected chi connectivity index (χ1v) is 7.43. The lowest BCUT2D eigenvalue weighted by atomic mass is 10.3. The van der Waals surface area contributed by atoms with Gasteiger partial charge in [-0.3, -0.25) is 0 Å². The van der Waals surface area contributed by atoms with Gasteiger partial charge in [0.1, 0.15) is 5.75 Å². The molecule has 0 aliphatic carbocycles. The molecule has 3 nitrogen and oxygen atoms in total. The van der Waals surface area contributed by atoms with Gasteiger partial charge in [0, 0.05) is 11.6 Å². The van der Waals surface area contributed by atoms with Crippen LogP contribution < -0.4 is 9.47 Å². The number of hydrogen-bond donors (Lipinski definition) is 0. The highest BCUT2D eigenvalue weighted by Gasteiger charge is 2.12.